The van der Waals surface area contributed by atoms with Crippen molar-refractivity contribution < 1.29 is 26.8 Å². The molecule has 0 aromatic heterocycles. The SMILES string of the molecule is CN(C(Cc1cccc(/C(N)=N/O)c1)C(=O)Nc1ccc(-c2ccccc2S(C)(=O)=O)cc1)S(C)(=O)=O. The van der Waals surface area contributed by atoms with Gasteiger partial charge in [-0.3, -0.25) is 4.79 Å². The minimum Gasteiger partial charge on any atom is -0.409 e. The predicted octanol–water partition coefficient (Wildman–Crippen LogP) is 2.29. The van der Waals surface area contributed by atoms with E-state index in [0.29, 0.717) is 27.9 Å². The van der Waals surface area contributed by atoms with Gasteiger partial charge in [-0.2, -0.15) is 4.31 Å². The second kappa shape index (κ2) is 11.1. The highest BCUT2D eigenvalue weighted by Crippen LogP contribution is 2.28. The molecule has 196 valence electrons. The van der Waals surface area contributed by atoms with Gasteiger partial charge in [0.2, 0.25) is 15.9 Å². The smallest absolute Gasteiger partial charge is 0.243 e. The molecule has 0 heterocycles. The molecule has 0 fully saturated rings. The van der Waals surface area contributed by atoms with Crippen LogP contribution in [0.25, 0.3) is 11.1 Å². The Morgan fingerprint density at radius 3 is 2.24 bits per heavy atom. The maximum absolute atomic E-state index is 13.2. The van der Waals surface area contributed by atoms with Crippen LogP contribution in [-0.4, -0.2) is 63.7 Å². The molecule has 37 heavy (non-hydrogen) atoms. The Balaban J connectivity index is 1.88. The molecule has 1 amide bonds. The Kier molecular flexibility index (Phi) is 8.36. The highest BCUT2D eigenvalue weighted by Gasteiger charge is 2.29. The summed E-state index contributed by atoms with van der Waals surface area (Å²) in [6.07, 6.45) is 2.18. The van der Waals surface area contributed by atoms with Gasteiger partial charge in [-0.25, -0.2) is 16.8 Å². The molecule has 1 unspecified atom stereocenters. The van der Waals surface area contributed by atoms with Crippen molar-refractivity contribution in [2.24, 2.45) is 10.9 Å². The molecular formula is C25H28N4O6S2. The van der Waals surface area contributed by atoms with Crippen molar-refractivity contribution >= 4 is 37.3 Å². The summed E-state index contributed by atoms with van der Waals surface area (Å²) < 4.78 is 49.8. The Morgan fingerprint density at radius 2 is 1.65 bits per heavy atom. The monoisotopic (exact) mass is 544 g/mol. The fourth-order valence-corrected chi connectivity index (χ4v) is 5.29. The molecule has 3 rings (SSSR count). The minimum absolute atomic E-state index is 0.0295. The van der Waals surface area contributed by atoms with E-state index in [1.807, 2.05) is 0 Å². The molecule has 0 spiro atoms. The third kappa shape index (κ3) is 6.94. The molecule has 0 saturated heterocycles. The first-order chi connectivity index (χ1) is 17.3. The topological polar surface area (TPSA) is 159 Å². The number of hydrogen-bond donors (Lipinski definition) is 3. The molecule has 0 bridgehead atoms. The minimum atomic E-state index is -3.72. The highest BCUT2D eigenvalue weighted by atomic mass is 32.2. The molecular weight excluding hydrogens is 516 g/mol. The van der Waals surface area contributed by atoms with E-state index >= 15 is 0 Å². The molecule has 3 aromatic rings. The summed E-state index contributed by atoms with van der Waals surface area (Å²) in [5.41, 5.74) is 8.26. The van der Waals surface area contributed by atoms with Crippen LogP contribution in [0.4, 0.5) is 5.69 Å². The van der Waals surface area contributed by atoms with E-state index in [9.17, 15) is 21.6 Å². The van der Waals surface area contributed by atoms with Crippen molar-refractivity contribution in [1.29, 1.82) is 0 Å². The van der Waals surface area contributed by atoms with Gasteiger partial charge in [0.1, 0.15) is 6.04 Å². The van der Waals surface area contributed by atoms with Crippen molar-refractivity contribution in [3.8, 4) is 11.1 Å². The van der Waals surface area contributed by atoms with Gasteiger partial charge >= 0.3 is 0 Å². The van der Waals surface area contributed by atoms with E-state index in [1.54, 1.807) is 66.7 Å². The van der Waals surface area contributed by atoms with Gasteiger partial charge in [-0.05, 0) is 41.8 Å². The molecule has 10 nitrogen and oxygen atoms in total. The number of nitrogens with zero attached hydrogens (tertiary/aromatic N) is 2. The van der Waals surface area contributed by atoms with Gasteiger partial charge in [-0.1, -0.05) is 53.7 Å². The van der Waals surface area contributed by atoms with E-state index in [4.69, 9.17) is 10.9 Å². The molecule has 0 aliphatic rings. The molecule has 0 aliphatic carbocycles. The Labute approximate surface area is 216 Å². The molecule has 1 atom stereocenters. The molecule has 0 saturated carbocycles. The van der Waals surface area contributed by atoms with Crippen LogP contribution < -0.4 is 11.1 Å². The zero-order valence-corrected chi connectivity index (χ0v) is 22.1. The van der Waals surface area contributed by atoms with Crippen LogP contribution in [0.15, 0.2) is 82.8 Å². The number of amides is 1. The summed E-state index contributed by atoms with van der Waals surface area (Å²) in [7, 11) is -5.85. The second-order valence-electron chi connectivity index (χ2n) is 8.52. The van der Waals surface area contributed by atoms with Gasteiger partial charge < -0.3 is 16.3 Å². The van der Waals surface area contributed by atoms with Crippen LogP contribution in [0.5, 0.6) is 0 Å². The van der Waals surface area contributed by atoms with Crippen LogP contribution in [0, 0.1) is 0 Å². The van der Waals surface area contributed by atoms with E-state index in [2.05, 4.69) is 10.5 Å². The highest BCUT2D eigenvalue weighted by molar-refractivity contribution is 7.90. The first kappa shape index (κ1) is 27.8. The number of likely N-dealkylation sites (N-methyl/N-ethyl adjacent to an activating group) is 1. The van der Waals surface area contributed by atoms with Crippen molar-refractivity contribution in [2.75, 3.05) is 24.9 Å². The number of oxime groups is 1. The molecule has 0 aliphatic heterocycles. The summed E-state index contributed by atoms with van der Waals surface area (Å²) in [6.45, 7) is 0. The lowest BCUT2D eigenvalue weighted by Crippen LogP contribution is -2.46. The van der Waals surface area contributed by atoms with Crippen LogP contribution in [-0.2, 0) is 31.1 Å². The van der Waals surface area contributed by atoms with Crippen molar-refractivity contribution in [1.82, 2.24) is 4.31 Å². The molecule has 3 aromatic carbocycles. The van der Waals surface area contributed by atoms with Crippen LogP contribution in [0.2, 0.25) is 0 Å². The van der Waals surface area contributed by atoms with Crippen LogP contribution >= 0.6 is 0 Å². The standard InChI is InChI=1S/C25H28N4O6S2/c1-29(37(3,34)35)22(16-17-7-6-8-19(15-17)24(26)28-31)25(30)27-20-13-11-18(12-14-20)21-9-4-5-10-23(21)36(2,32)33/h4-15,22,31H,16H2,1-3H3,(H2,26,28)(H,27,30). The summed E-state index contributed by atoms with van der Waals surface area (Å²) in [6, 6.07) is 18.7. The number of carbonyl (C=O) groups excluding carboxylic acids is 1. The fraction of sp³-hybridized carbons (Fsp3) is 0.200. The third-order valence-electron chi connectivity index (χ3n) is 5.77. The van der Waals surface area contributed by atoms with E-state index in [0.717, 1.165) is 16.8 Å². The summed E-state index contributed by atoms with van der Waals surface area (Å²) in [5, 5.41) is 14.6. The number of nitrogens with one attached hydrogen (secondary N) is 1. The predicted molar refractivity (Wildman–Crippen MR) is 143 cm³/mol. The number of anilines is 1. The lowest BCUT2D eigenvalue weighted by Gasteiger charge is -2.25. The lowest BCUT2D eigenvalue weighted by molar-refractivity contribution is -0.119. The lowest BCUT2D eigenvalue weighted by atomic mass is 10.0. The first-order valence-corrected chi connectivity index (χ1v) is 14.8. The fourth-order valence-electron chi connectivity index (χ4n) is 3.74. The van der Waals surface area contributed by atoms with Gasteiger partial charge in [-0.15, -0.1) is 0 Å². The molecule has 0 radical (unpaired) electrons. The maximum atomic E-state index is 13.2. The van der Waals surface area contributed by atoms with Gasteiger partial charge in [0, 0.05) is 30.1 Å². The van der Waals surface area contributed by atoms with Crippen molar-refractivity contribution in [3.05, 3.63) is 83.9 Å². The maximum Gasteiger partial charge on any atom is 0.243 e. The number of nitrogens with two attached hydrogens (primary N) is 1. The average molecular weight is 545 g/mol. The number of amidine groups is 1. The number of benzene rings is 3. The van der Waals surface area contributed by atoms with Crippen molar-refractivity contribution in [2.45, 2.75) is 17.4 Å². The Bertz CT molecular complexity index is 1540. The quantitative estimate of drug-likeness (QED) is 0.161. The van der Waals surface area contributed by atoms with E-state index in [-0.39, 0.29) is 17.2 Å². The van der Waals surface area contributed by atoms with Crippen LogP contribution in [0.1, 0.15) is 11.1 Å². The summed E-state index contributed by atoms with van der Waals surface area (Å²) in [5.74, 6) is -0.678. The second-order valence-corrected chi connectivity index (χ2v) is 12.5. The van der Waals surface area contributed by atoms with E-state index in [1.165, 1.54) is 13.1 Å². The third-order valence-corrected chi connectivity index (χ3v) is 8.23. The van der Waals surface area contributed by atoms with Gasteiger partial charge in [0.25, 0.3) is 0 Å². The van der Waals surface area contributed by atoms with Gasteiger partial charge in [0.05, 0.1) is 11.2 Å². The van der Waals surface area contributed by atoms with Crippen molar-refractivity contribution in [3.63, 3.8) is 0 Å². The number of hydrogen-bond acceptors (Lipinski definition) is 7. The number of sulfone groups is 1. The Morgan fingerprint density at radius 1 is 1.00 bits per heavy atom. The summed E-state index contributed by atoms with van der Waals surface area (Å²) >= 11 is 0. The number of sulfonamides is 1. The largest absolute Gasteiger partial charge is 0.409 e. The zero-order chi connectivity index (χ0) is 27.4. The first-order valence-electron chi connectivity index (χ1n) is 11.0. The number of carbonyl (C=O) groups is 1. The molecule has 4 N–H and O–H groups in total. The molecule has 12 heteroatoms. The summed E-state index contributed by atoms with van der Waals surface area (Å²) in [4.78, 5) is 13.4. The normalized spacial score (nSPS) is 13.4. The van der Waals surface area contributed by atoms with E-state index < -0.39 is 31.8 Å². The van der Waals surface area contributed by atoms with Crippen LogP contribution in [0.3, 0.4) is 0 Å². The number of rotatable bonds is 9. The zero-order valence-electron chi connectivity index (χ0n) is 20.5. The van der Waals surface area contributed by atoms with Gasteiger partial charge in [0.15, 0.2) is 15.7 Å². The average Bonchev–Trinajstić information content (AvgIpc) is 2.86. The Hall–Kier alpha value is -3.74.